The minimum Gasteiger partial charge on any atom is -0.379 e. The van der Waals surface area contributed by atoms with Crippen LogP contribution in [0.1, 0.15) is 28.4 Å². The SMILES string of the molecule is CCOCCOCc1cccc(CNC(=O)c2cncc3ccccc23)c1. The molecule has 0 radical (unpaired) electrons. The van der Waals surface area contributed by atoms with Gasteiger partial charge in [-0.2, -0.15) is 0 Å². The zero-order chi connectivity index (χ0) is 18.9. The Hall–Kier alpha value is -2.76. The molecule has 1 amide bonds. The third-order valence-corrected chi connectivity index (χ3v) is 4.20. The van der Waals surface area contributed by atoms with E-state index in [1.165, 1.54) is 0 Å². The van der Waals surface area contributed by atoms with Crippen LogP contribution >= 0.6 is 0 Å². The monoisotopic (exact) mass is 364 g/mol. The average molecular weight is 364 g/mol. The molecular weight excluding hydrogens is 340 g/mol. The predicted octanol–water partition coefficient (Wildman–Crippen LogP) is 3.72. The Morgan fingerprint density at radius 3 is 2.70 bits per heavy atom. The van der Waals surface area contributed by atoms with Crippen LogP contribution in [0.15, 0.2) is 60.9 Å². The second kappa shape index (κ2) is 9.80. The van der Waals surface area contributed by atoms with Crippen molar-refractivity contribution in [3.8, 4) is 0 Å². The molecule has 5 heteroatoms. The molecule has 0 unspecified atom stereocenters. The van der Waals surface area contributed by atoms with Gasteiger partial charge in [-0.3, -0.25) is 9.78 Å². The second-order valence-corrected chi connectivity index (χ2v) is 6.16. The fourth-order valence-corrected chi connectivity index (χ4v) is 2.86. The van der Waals surface area contributed by atoms with Crippen LogP contribution in [-0.4, -0.2) is 30.7 Å². The highest BCUT2D eigenvalue weighted by Gasteiger charge is 2.10. The fourth-order valence-electron chi connectivity index (χ4n) is 2.86. The minimum absolute atomic E-state index is 0.127. The van der Waals surface area contributed by atoms with Gasteiger partial charge in [0.1, 0.15) is 0 Å². The number of aromatic nitrogens is 1. The van der Waals surface area contributed by atoms with Gasteiger partial charge in [-0.1, -0.05) is 48.5 Å². The van der Waals surface area contributed by atoms with E-state index in [1.807, 2.05) is 55.5 Å². The van der Waals surface area contributed by atoms with Crippen LogP contribution in [-0.2, 0) is 22.6 Å². The molecule has 0 bridgehead atoms. The molecule has 0 fully saturated rings. The summed E-state index contributed by atoms with van der Waals surface area (Å²) in [5, 5.41) is 4.84. The smallest absolute Gasteiger partial charge is 0.253 e. The van der Waals surface area contributed by atoms with Gasteiger partial charge < -0.3 is 14.8 Å². The van der Waals surface area contributed by atoms with Crippen molar-refractivity contribution in [2.75, 3.05) is 19.8 Å². The van der Waals surface area contributed by atoms with Crippen LogP contribution in [0.4, 0.5) is 0 Å². The van der Waals surface area contributed by atoms with Crippen molar-refractivity contribution in [3.63, 3.8) is 0 Å². The highest BCUT2D eigenvalue weighted by Crippen LogP contribution is 2.17. The van der Waals surface area contributed by atoms with E-state index in [0.29, 0.717) is 38.5 Å². The molecule has 1 N–H and O–H groups in total. The average Bonchev–Trinajstić information content (AvgIpc) is 2.72. The van der Waals surface area contributed by atoms with Gasteiger partial charge in [0.15, 0.2) is 0 Å². The molecule has 1 aromatic heterocycles. The van der Waals surface area contributed by atoms with Crippen molar-refractivity contribution < 1.29 is 14.3 Å². The zero-order valence-electron chi connectivity index (χ0n) is 15.5. The topological polar surface area (TPSA) is 60.5 Å². The maximum absolute atomic E-state index is 12.6. The van der Waals surface area contributed by atoms with Gasteiger partial charge in [-0.15, -0.1) is 0 Å². The van der Waals surface area contributed by atoms with Crippen LogP contribution in [0.25, 0.3) is 10.8 Å². The molecule has 140 valence electrons. The maximum atomic E-state index is 12.6. The van der Waals surface area contributed by atoms with Gasteiger partial charge in [0.2, 0.25) is 0 Å². The summed E-state index contributed by atoms with van der Waals surface area (Å²) in [6, 6.07) is 15.8. The zero-order valence-corrected chi connectivity index (χ0v) is 15.5. The van der Waals surface area contributed by atoms with Crippen LogP contribution in [0.3, 0.4) is 0 Å². The number of ether oxygens (including phenoxy) is 2. The molecule has 1 heterocycles. The number of nitrogens with one attached hydrogen (secondary N) is 1. The van der Waals surface area contributed by atoms with Crippen molar-refractivity contribution in [2.45, 2.75) is 20.1 Å². The highest BCUT2D eigenvalue weighted by atomic mass is 16.5. The molecule has 0 saturated carbocycles. The first kappa shape index (κ1) is 19.0. The van der Waals surface area contributed by atoms with Crippen molar-refractivity contribution in [1.82, 2.24) is 10.3 Å². The number of nitrogens with zero attached hydrogens (tertiary/aromatic N) is 1. The van der Waals surface area contributed by atoms with Gasteiger partial charge in [0, 0.05) is 30.9 Å². The third-order valence-electron chi connectivity index (χ3n) is 4.20. The summed E-state index contributed by atoms with van der Waals surface area (Å²) < 4.78 is 10.9. The van der Waals surface area contributed by atoms with E-state index in [9.17, 15) is 4.79 Å². The van der Waals surface area contributed by atoms with Crippen molar-refractivity contribution >= 4 is 16.7 Å². The van der Waals surface area contributed by atoms with Crippen molar-refractivity contribution in [3.05, 3.63) is 77.6 Å². The molecule has 3 rings (SSSR count). The molecule has 3 aromatic rings. The van der Waals surface area contributed by atoms with Gasteiger partial charge in [-0.05, 0) is 23.4 Å². The summed E-state index contributed by atoms with van der Waals surface area (Å²) in [6.45, 7) is 4.82. The summed E-state index contributed by atoms with van der Waals surface area (Å²) in [7, 11) is 0. The molecule has 0 aliphatic rings. The first-order chi connectivity index (χ1) is 13.3. The largest absolute Gasteiger partial charge is 0.379 e. The lowest BCUT2D eigenvalue weighted by Gasteiger charge is -2.09. The molecule has 0 atom stereocenters. The van der Waals surface area contributed by atoms with E-state index >= 15 is 0 Å². The standard InChI is InChI=1S/C22H24N2O3/c1-2-26-10-11-27-16-18-7-5-6-17(12-18)13-24-22(25)21-15-23-14-19-8-3-4-9-20(19)21/h3-9,12,14-15H,2,10-11,13,16H2,1H3,(H,24,25). The normalized spacial score (nSPS) is 10.9. The van der Waals surface area contributed by atoms with Gasteiger partial charge in [0.05, 0.1) is 25.4 Å². The number of benzene rings is 2. The number of hydrogen-bond donors (Lipinski definition) is 1. The van der Waals surface area contributed by atoms with E-state index in [2.05, 4.69) is 10.3 Å². The number of fused-ring (bicyclic) bond motifs is 1. The molecule has 27 heavy (non-hydrogen) atoms. The number of amides is 1. The summed E-state index contributed by atoms with van der Waals surface area (Å²) in [4.78, 5) is 16.8. The second-order valence-electron chi connectivity index (χ2n) is 6.16. The first-order valence-electron chi connectivity index (χ1n) is 9.12. The molecule has 0 aliphatic carbocycles. The predicted molar refractivity (Wildman–Crippen MR) is 106 cm³/mol. The molecular formula is C22H24N2O3. The Labute approximate surface area is 159 Å². The Balaban J connectivity index is 1.58. The molecule has 0 aliphatic heterocycles. The first-order valence-corrected chi connectivity index (χ1v) is 9.12. The maximum Gasteiger partial charge on any atom is 0.253 e. The Kier molecular flexibility index (Phi) is 6.90. The van der Waals surface area contributed by atoms with E-state index in [1.54, 1.807) is 12.4 Å². The summed E-state index contributed by atoms with van der Waals surface area (Å²) in [5.74, 6) is -0.127. The molecule has 2 aromatic carbocycles. The van der Waals surface area contributed by atoms with E-state index in [4.69, 9.17) is 9.47 Å². The number of hydrogen-bond acceptors (Lipinski definition) is 4. The minimum atomic E-state index is -0.127. The molecule has 0 spiro atoms. The fraction of sp³-hybridized carbons (Fsp3) is 0.273. The van der Waals surface area contributed by atoms with Crippen LogP contribution in [0, 0.1) is 0 Å². The summed E-state index contributed by atoms with van der Waals surface area (Å²) in [6.07, 6.45) is 3.38. The Bertz CT molecular complexity index is 890. The van der Waals surface area contributed by atoms with Crippen molar-refractivity contribution in [2.24, 2.45) is 0 Å². The lowest BCUT2D eigenvalue weighted by atomic mass is 10.1. The van der Waals surface area contributed by atoms with Gasteiger partial charge in [0.25, 0.3) is 5.91 Å². The van der Waals surface area contributed by atoms with Crippen LogP contribution < -0.4 is 5.32 Å². The Morgan fingerprint density at radius 1 is 1.00 bits per heavy atom. The Morgan fingerprint density at radius 2 is 1.81 bits per heavy atom. The molecule has 5 nitrogen and oxygen atoms in total. The third kappa shape index (κ3) is 5.36. The lowest BCUT2D eigenvalue weighted by Crippen LogP contribution is -2.23. The van der Waals surface area contributed by atoms with E-state index < -0.39 is 0 Å². The summed E-state index contributed by atoms with van der Waals surface area (Å²) >= 11 is 0. The quantitative estimate of drug-likeness (QED) is 0.588. The number of rotatable bonds is 9. The van der Waals surface area contributed by atoms with E-state index in [-0.39, 0.29) is 5.91 Å². The van der Waals surface area contributed by atoms with Gasteiger partial charge in [-0.25, -0.2) is 0 Å². The molecule has 0 saturated heterocycles. The summed E-state index contributed by atoms with van der Waals surface area (Å²) in [5.41, 5.74) is 2.69. The lowest BCUT2D eigenvalue weighted by molar-refractivity contribution is 0.0453. The number of carbonyl (C=O) groups is 1. The number of pyridine rings is 1. The van der Waals surface area contributed by atoms with Crippen molar-refractivity contribution in [1.29, 1.82) is 0 Å². The highest BCUT2D eigenvalue weighted by molar-refractivity contribution is 6.06. The van der Waals surface area contributed by atoms with E-state index in [0.717, 1.165) is 21.9 Å². The van der Waals surface area contributed by atoms with Gasteiger partial charge >= 0.3 is 0 Å². The van der Waals surface area contributed by atoms with Crippen LogP contribution in [0.5, 0.6) is 0 Å². The van der Waals surface area contributed by atoms with Crippen LogP contribution in [0.2, 0.25) is 0 Å². The number of carbonyl (C=O) groups excluding carboxylic acids is 1.